The SMILES string of the molecule is CCC1=CC2CCC1(B(C1CCCCC1)C1CCCCC1)C2. The van der Waals surface area contributed by atoms with Crippen molar-refractivity contribution in [2.45, 2.75) is 114 Å². The Balaban J connectivity index is 1.65. The average molecular weight is 298 g/mol. The number of allylic oxidation sites excluding steroid dienone is 2. The molecule has 0 spiro atoms. The van der Waals surface area contributed by atoms with E-state index in [1.807, 2.05) is 5.57 Å². The summed E-state index contributed by atoms with van der Waals surface area (Å²) < 4.78 is 0. The lowest BCUT2D eigenvalue weighted by molar-refractivity contribution is 0.440. The molecule has 2 atom stereocenters. The first-order valence-electron chi connectivity index (χ1n) is 10.5. The van der Waals surface area contributed by atoms with Gasteiger partial charge in [-0.3, -0.25) is 0 Å². The third-order valence-corrected chi connectivity index (χ3v) is 8.00. The molecule has 0 aromatic rings. The molecule has 4 aliphatic carbocycles. The molecule has 3 fully saturated rings. The molecule has 22 heavy (non-hydrogen) atoms. The second-order valence-electron chi connectivity index (χ2n) is 9.03. The Morgan fingerprint density at radius 2 is 1.50 bits per heavy atom. The van der Waals surface area contributed by atoms with Crippen molar-refractivity contribution in [2.24, 2.45) is 5.92 Å². The first-order valence-corrected chi connectivity index (χ1v) is 10.5. The van der Waals surface area contributed by atoms with Crippen LogP contribution < -0.4 is 0 Å². The molecule has 0 heterocycles. The van der Waals surface area contributed by atoms with Gasteiger partial charge in [-0.1, -0.05) is 94.4 Å². The largest absolute Gasteiger partial charge is 0.158 e. The van der Waals surface area contributed by atoms with E-state index in [1.54, 1.807) is 38.5 Å². The Morgan fingerprint density at radius 1 is 0.909 bits per heavy atom. The average Bonchev–Trinajstić information content (AvgIpc) is 3.15. The third-order valence-electron chi connectivity index (χ3n) is 8.00. The van der Waals surface area contributed by atoms with Crippen molar-refractivity contribution in [1.29, 1.82) is 0 Å². The van der Waals surface area contributed by atoms with E-state index in [9.17, 15) is 0 Å². The van der Waals surface area contributed by atoms with Gasteiger partial charge < -0.3 is 0 Å². The summed E-state index contributed by atoms with van der Waals surface area (Å²) in [5, 5.41) is 0.670. The summed E-state index contributed by atoms with van der Waals surface area (Å²) in [5.74, 6) is 3.11. The minimum atomic E-state index is 0.670. The van der Waals surface area contributed by atoms with E-state index in [-0.39, 0.29) is 0 Å². The fraction of sp³-hybridized carbons (Fsp3) is 0.905. The van der Waals surface area contributed by atoms with Crippen molar-refractivity contribution in [1.82, 2.24) is 0 Å². The van der Waals surface area contributed by atoms with Gasteiger partial charge in [-0.25, -0.2) is 0 Å². The van der Waals surface area contributed by atoms with Crippen molar-refractivity contribution in [3.8, 4) is 0 Å². The van der Waals surface area contributed by atoms with E-state index < -0.39 is 0 Å². The fourth-order valence-corrected chi connectivity index (χ4v) is 7.26. The highest BCUT2D eigenvalue weighted by molar-refractivity contribution is 6.66. The normalized spacial score (nSPS) is 36.6. The molecule has 122 valence electrons. The Kier molecular flexibility index (Phi) is 4.44. The molecule has 0 aliphatic heterocycles. The van der Waals surface area contributed by atoms with Crippen LogP contribution >= 0.6 is 0 Å². The Labute approximate surface area is 138 Å². The van der Waals surface area contributed by atoms with Crippen LogP contribution in [0.4, 0.5) is 0 Å². The van der Waals surface area contributed by atoms with Crippen LogP contribution in [0.3, 0.4) is 0 Å². The topological polar surface area (TPSA) is 0 Å². The molecular weight excluding hydrogens is 263 g/mol. The third kappa shape index (κ3) is 2.51. The molecule has 0 nitrogen and oxygen atoms in total. The van der Waals surface area contributed by atoms with Crippen molar-refractivity contribution >= 4 is 6.71 Å². The Hall–Kier alpha value is -0.195. The predicted molar refractivity (Wildman–Crippen MR) is 97.8 cm³/mol. The summed E-state index contributed by atoms with van der Waals surface area (Å²) in [6.45, 7) is 3.50. The molecule has 4 aliphatic rings. The number of hydrogen-bond acceptors (Lipinski definition) is 0. The summed E-state index contributed by atoms with van der Waals surface area (Å²) in [6.07, 6.45) is 24.1. The molecule has 0 aromatic heterocycles. The number of fused-ring (bicyclic) bond motifs is 2. The van der Waals surface area contributed by atoms with Crippen molar-refractivity contribution in [2.75, 3.05) is 0 Å². The lowest BCUT2D eigenvalue weighted by atomic mass is 9.18. The van der Waals surface area contributed by atoms with Gasteiger partial charge in [-0.05, 0) is 36.9 Å². The molecule has 4 rings (SSSR count). The molecule has 0 radical (unpaired) electrons. The molecule has 0 N–H and O–H groups in total. The summed E-state index contributed by atoms with van der Waals surface area (Å²) in [4.78, 5) is 0. The molecule has 2 bridgehead atoms. The first kappa shape index (κ1) is 15.3. The second kappa shape index (κ2) is 6.37. The maximum Gasteiger partial charge on any atom is 0.158 e. The highest BCUT2D eigenvalue weighted by Crippen LogP contribution is 2.67. The van der Waals surface area contributed by atoms with Crippen molar-refractivity contribution < 1.29 is 0 Å². The lowest BCUT2D eigenvalue weighted by Crippen LogP contribution is -2.41. The number of hydrogen-bond donors (Lipinski definition) is 0. The minimum Gasteiger partial charge on any atom is -0.0824 e. The van der Waals surface area contributed by atoms with Gasteiger partial charge in [0.25, 0.3) is 0 Å². The van der Waals surface area contributed by atoms with Crippen LogP contribution in [0.2, 0.25) is 16.9 Å². The monoisotopic (exact) mass is 298 g/mol. The van der Waals surface area contributed by atoms with Crippen LogP contribution in [0, 0.1) is 5.92 Å². The van der Waals surface area contributed by atoms with Crippen molar-refractivity contribution in [3.05, 3.63) is 11.6 Å². The van der Waals surface area contributed by atoms with Gasteiger partial charge in [0.1, 0.15) is 0 Å². The van der Waals surface area contributed by atoms with Crippen LogP contribution in [0.15, 0.2) is 11.6 Å². The van der Waals surface area contributed by atoms with Crippen LogP contribution in [-0.2, 0) is 0 Å². The number of rotatable bonds is 4. The molecule has 0 aromatic carbocycles. The van der Waals surface area contributed by atoms with Crippen molar-refractivity contribution in [3.63, 3.8) is 0 Å². The molecule has 1 heteroatoms. The highest BCUT2D eigenvalue weighted by atomic mass is 14.5. The lowest BCUT2D eigenvalue weighted by Gasteiger charge is -2.47. The first-order chi connectivity index (χ1) is 10.8. The van der Waals surface area contributed by atoms with Gasteiger partial charge in [0, 0.05) is 0 Å². The fourth-order valence-electron chi connectivity index (χ4n) is 7.26. The van der Waals surface area contributed by atoms with Gasteiger partial charge in [-0.2, -0.15) is 0 Å². The summed E-state index contributed by atoms with van der Waals surface area (Å²) in [7, 11) is 0. The second-order valence-corrected chi connectivity index (χ2v) is 9.03. The predicted octanol–water partition coefficient (Wildman–Crippen LogP) is 7.04. The Morgan fingerprint density at radius 3 is 2.00 bits per heavy atom. The van der Waals surface area contributed by atoms with Gasteiger partial charge >= 0.3 is 0 Å². The van der Waals surface area contributed by atoms with E-state index in [0.717, 1.165) is 24.3 Å². The van der Waals surface area contributed by atoms with E-state index >= 15 is 0 Å². The zero-order valence-electron chi connectivity index (χ0n) is 14.8. The molecule has 2 unspecified atom stereocenters. The van der Waals surface area contributed by atoms with E-state index in [1.165, 1.54) is 51.4 Å². The van der Waals surface area contributed by atoms with Crippen LogP contribution in [0.1, 0.15) is 96.8 Å². The quantitative estimate of drug-likeness (QED) is 0.385. The van der Waals surface area contributed by atoms with E-state index in [4.69, 9.17) is 0 Å². The smallest absolute Gasteiger partial charge is 0.0824 e. The van der Waals surface area contributed by atoms with Gasteiger partial charge in [-0.15, -0.1) is 0 Å². The zero-order chi connectivity index (χ0) is 15.0. The summed E-state index contributed by atoms with van der Waals surface area (Å²) in [6, 6.07) is 0. The highest BCUT2D eigenvalue weighted by Gasteiger charge is 2.56. The van der Waals surface area contributed by atoms with Crippen LogP contribution in [-0.4, -0.2) is 6.71 Å². The van der Waals surface area contributed by atoms with Crippen LogP contribution in [0.5, 0.6) is 0 Å². The molecular formula is C21H35B. The minimum absolute atomic E-state index is 0.670. The van der Waals surface area contributed by atoms with Crippen LogP contribution in [0.25, 0.3) is 0 Å². The van der Waals surface area contributed by atoms with E-state index in [2.05, 4.69) is 13.0 Å². The Bertz CT molecular complexity index is 396. The molecule has 3 saturated carbocycles. The maximum absolute atomic E-state index is 2.74. The van der Waals surface area contributed by atoms with Gasteiger partial charge in [0.2, 0.25) is 0 Å². The molecule has 0 amide bonds. The zero-order valence-corrected chi connectivity index (χ0v) is 14.8. The van der Waals surface area contributed by atoms with Gasteiger partial charge in [0.05, 0.1) is 0 Å². The van der Waals surface area contributed by atoms with E-state index in [0.29, 0.717) is 5.31 Å². The standard InChI is InChI=1S/C21H35B/c1-2-18-15-17-13-14-21(18,16-17)22(19-9-5-3-6-10-19)20-11-7-4-8-12-20/h15,17,19-20H,2-14,16H2,1H3. The summed E-state index contributed by atoms with van der Waals surface area (Å²) >= 11 is 0. The van der Waals surface area contributed by atoms with Gasteiger partial charge in [0.15, 0.2) is 6.71 Å². The molecule has 0 saturated heterocycles. The maximum atomic E-state index is 2.74. The summed E-state index contributed by atoms with van der Waals surface area (Å²) in [5.41, 5.74) is 1.91.